The maximum atomic E-state index is 12.3. The molecule has 3 aromatic rings. The predicted molar refractivity (Wildman–Crippen MR) is 131 cm³/mol. The Labute approximate surface area is 206 Å². The van der Waals surface area contributed by atoms with Crippen molar-refractivity contribution in [3.05, 3.63) is 93.5 Å². The molecule has 0 bridgehead atoms. The van der Waals surface area contributed by atoms with Crippen LogP contribution < -0.4 is 25.0 Å². The summed E-state index contributed by atoms with van der Waals surface area (Å²) in [6, 6.07) is 17.8. The van der Waals surface area contributed by atoms with E-state index >= 15 is 0 Å². The van der Waals surface area contributed by atoms with E-state index in [1.807, 2.05) is 0 Å². The molecule has 0 aliphatic heterocycles. The van der Waals surface area contributed by atoms with Crippen molar-refractivity contribution in [1.29, 1.82) is 0 Å². The van der Waals surface area contributed by atoms with Crippen molar-refractivity contribution in [2.45, 2.75) is 6.61 Å². The summed E-state index contributed by atoms with van der Waals surface area (Å²) < 4.78 is 16.0. The third-order valence-corrected chi connectivity index (χ3v) is 4.89. The Balaban J connectivity index is 1.42. The van der Waals surface area contributed by atoms with E-state index in [1.54, 1.807) is 48.5 Å². The molecule has 0 saturated carbocycles. The molecule has 0 fully saturated rings. The number of nitro benzene ring substituents is 1. The molecule has 36 heavy (non-hydrogen) atoms. The molecular weight excluding hydrogens is 468 g/mol. The highest BCUT2D eigenvalue weighted by atomic mass is 16.6. The van der Waals surface area contributed by atoms with Crippen LogP contribution in [0.4, 0.5) is 5.69 Å². The minimum atomic E-state index is -0.497. The zero-order chi connectivity index (χ0) is 25.9. The quantitative estimate of drug-likeness (QED) is 0.238. The van der Waals surface area contributed by atoms with Gasteiger partial charge >= 0.3 is 0 Å². The summed E-state index contributed by atoms with van der Waals surface area (Å²) in [7, 11) is 2.96. The standard InChI is InChI=1S/C25H24N4O7/c1-34-22-12-7-19(13-23(22)35-2)25(31)26-15-24(30)28-27-14-17-5-10-21(11-6-17)36-16-18-3-8-20(9-4-18)29(32)33/h3-14H,15-16H2,1-2H3,(H,26,31)(H,28,30)/b27-14+. The molecule has 0 aromatic heterocycles. The number of hydrogen-bond acceptors (Lipinski definition) is 8. The number of rotatable bonds is 11. The van der Waals surface area contributed by atoms with Gasteiger partial charge in [-0.3, -0.25) is 19.7 Å². The first kappa shape index (κ1) is 25.7. The molecule has 0 aliphatic carbocycles. The van der Waals surface area contributed by atoms with Gasteiger partial charge in [-0.15, -0.1) is 0 Å². The molecule has 11 nitrogen and oxygen atoms in total. The van der Waals surface area contributed by atoms with Gasteiger partial charge in [0.15, 0.2) is 11.5 Å². The smallest absolute Gasteiger partial charge is 0.269 e. The van der Waals surface area contributed by atoms with Crippen LogP contribution in [0.5, 0.6) is 17.2 Å². The van der Waals surface area contributed by atoms with Crippen LogP contribution >= 0.6 is 0 Å². The lowest BCUT2D eigenvalue weighted by Crippen LogP contribution is -2.34. The number of nitro groups is 1. The van der Waals surface area contributed by atoms with Gasteiger partial charge in [-0.1, -0.05) is 0 Å². The van der Waals surface area contributed by atoms with E-state index in [0.29, 0.717) is 28.4 Å². The third-order valence-electron chi connectivity index (χ3n) is 4.89. The van der Waals surface area contributed by atoms with Gasteiger partial charge in [-0.25, -0.2) is 5.43 Å². The fourth-order valence-corrected chi connectivity index (χ4v) is 2.99. The molecular formula is C25H24N4O7. The summed E-state index contributed by atoms with van der Waals surface area (Å²) in [5.41, 5.74) is 4.20. The van der Waals surface area contributed by atoms with Gasteiger partial charge < -0.3 is 19.5 Å². The lowest BCUT2D eigenvalue weighted by molar-refractivity contribution is -0.384. The normalized spacial score (nSPS) is 10.5. The fraction of sp³-hybridized carbons (Fsp3) is 0.160. The number of amides is 2. The van der Waals surface area contributed by atoms with Gasteiger partial charge in [0.25, 0.3) is 17.5 Å². The molecule has 0 spiro atoms. The lowest BCUT2D eigenvalue weighted by atomic mass is 10.2. The van der Waals surface area contributed by atoms with Gasteiger partial charge in [-0.05, 0) is 65.7 Å². The van der Waals surface area contributed by atoms with Crippen LogP contribution in [-0.2, 0) is 11.4 Å². The highest BCUT2D eigenvalue weighted by molar-refractivity contribution is 5.97. The number of nitrogens with zero attached hydrogens (tertiary/aromatic N) is 2. The zero-order valence-electron chi connectivity index (χ0n) is 19.6. The van der Waals surface area contributed by atoms with E-state index in [2.05, 4.69) is 15.8 Å². The molecule has 3 aromatic carbocycles. The summed E-state index contributed by atoms with van der Waals surface area (Å²) in [6.45, 7) is -0.00352. The van der Waals surface area contributed by atoms with E-state index < -0.39 is 16.7 Å². The van der Waals surface area contributed by atoms with Crippen molar-refractivity contribution >= 4 is 23.7 Å². The first-order valence-corrected chi connectivity index (χ1v) is 10.7. The van der Waals surface area contributed by atoms with Crippen LogP contribution in [-0.4, -0.2) is 43.7 Å². The molecule has 2 amide bonds. The van der Waals surface area contributed by atoms with Crippen LogP contribution in [0, 0.1) is 10.1 Å². The first-order valence-electron chi connectivity index (χ1n) is 10.7. The average Bonchev–Trinajstić information content (AvgIpc) is 2.91. The molecule has 0 saturated heterocycles. The summed E-state index contributed by atoms with van der Waals surface area (Å²) in [4.78, 5) is 34.5. The van der Waals surface area contributed by atoms with Gasteiger partial charge in [0.2, 0.25) is 0 Å². The fourth-order valence-electron chi connectivity index (χ4n) is 2.99. The van der Waals surface area contributed by atoms with Crippen molar-refractivity contribution in [2.75, 3.05) is 20.8 Å². The summed E-state index contributed by atoms with van der Waals surface area (Å²) in [5, 5.41) is 17.1. The largest absolute Gasteiger partial charge is 0.493 e. The molecule has 0 unspecified atom stereocenters. The predicted octanol–water partition coefficient (Wildman–Crippen LogP) is 3.07. The first-order chi connectivity index (χ1) is 17.4. The van der Waals surface area contributed by atoms with E-state index in [-0.39, 0.29) is 18.8 Å². The van der Waals surface area contributed by atoms with E-state index in [1.165, 1.54) is 38.6 Å². The average molecular weight is 492 g/mol. The Hall–Kier alpha value is -4.93. The maximum Gasteiger partial charge on any atom is 0.269 e. The minimum absolute atomic E-state index is 0.0229. The molecule has 0 heterocycles. The second-order valence-electron chi connectivity index (χ2n) is 7.33. The molecule has 0 radical (unpaired) electrons. The van der Waals surface area contributed by atoms with E-state index in [0.717, 1.165) is 5.56 Å². The number of carbonyl (C=O) groups excluding carboxylic acids is 2. The Bertz CT molecular complexity index is 1240. The minimum Gasteiger partial charge on any atom is -0.493 e. The third kappa shape index (κ3) is 7.29. The number of hydrogen-bond donors (Lipinski definition) is 2. The van der Waals surface area contributed by atoms with Crippen molar-refractivity contribution in [1.82, 2.24) is 10.7 Å². The zero-order valence-corrected chi connectivity index (χ0v) is 19.6. The van der Waals surface area contributed by atoms with Crippen molar-refractivity contribution in [3.63, 3.8) is 0 Å². The van der Waals surface area contributed by atoms with E-state index in [4.69, 9.17) is 14.2 Å². The molecule has 186 valence electrons. The maximum absolute atomic E-state index is 12.3. The molecule has 3 rings (SSSR count). The summed E-state index contributed by atoms with van der Waals surface area (Å²) in [5.74, 6) is 0.558. The summed E-state index contributed by atoms with van der Waals surface area (Å²) in [6.07, 6.45) is 1.45. The van der Waals surface area contributed by atoms with Crippen LogP contribution in [0.25, 0.3) is 0 Å². The Morgan fingerprint density at radius 2 is 1.67 bits per heavy atom. The molecule has 0 atom stereocenters. The number of carbonyl (C=O) groups is 2. The molecule has 2 N–H and O–H groups in total. The van der Waals surface area contributed by atoms with Gasteiger partial charge in [0.05, 0.1) is 31.9 Å². The number of hydrazone groups is 1. The van der Waals surface area contributed by atoms with Gasteiger partial charge in [0, 0.05) is 17.7 Å². The summed E-state index contributed by atoms with van der Waals surface area (Å²) >= 11 is 0. The Morgan fingerprint density at radius 3 is 2.31 bits per heavy atom. The molecule has 0 aliphatic rings. The van der Waals surface area contributed by atoms with Crippen molar-refractivity contribution in [2.24, 2.45) is 5.10 Å². The number of ether oxygens (including phenoxy) is 3. The molecule has 11 heteroatoms. The second-order valence-corrected chi connectivity index (χ2v) is 7.33. The highest BCUT2D eigenvalue weighted by Crippen LogP contribution is 2.27. The second kappa shape index (κ2) is 12.5. The number of benzene rings is 3. The van der Waals surface area contributed by atoms with E-state index in [9.17, 15) is 19.7 Å². The number of methoxy groups -OCH3 is 2. The highest BCUT2D eigenvalue weighted by Gasteiger charge is 2.11. The number of nitrogens with one attached hydrogen (secondary N) is 2. The SMILES string of the molecule is COc1ccc(C(=O)NCC(=O)N/N=C/c2ccc(OCc3ccc([N+](=O)[O-])cc3)cc2)cc1OC. The van der Waals surface area contributed by atoms with Crippen molar-refractivity contribution in [3.8, 4) is 17.2 Å². The Kier molecular flexibility index (Phi) is 8.93. The van der Waals surface area contributed by atoms with Crippen LogP contribution in [0.1, 0.15) is 21.5 Å². The monoisotopic (exact) mass is 492 g/mol. The van der Waals surface area contributed by atoms with Crippen LogP contribution in [0.2, 0.25) is 0 Å². The van der Waals surface area contributed by atoms with Gasteiger partial charge in [0.1, 0.15) is 12.4 Å². The topological polar surface area (TPSA) is 141 Å². The Morgan fingerprint density at radius 1 is 0.972 bits per heavy atom. The van der Waals surface area contributed by atoms with Crippen LogP contribution in [0.15, 0.2) is 71.8 Å². The number of non-ortho nitro benzene ring substituents is 1. The van der Waals surface area contributed by atoms with Crippen molar-refractivity contribution < 1.29 is 28.7 Å². The lowest BCUT2D eigenvalue weighted by Gasteiger charge is -2.09. The van der Waals surface area contributed by atoms with Crippen LogP contribution in [0.3, 0.4) is 0 Å². The van der Waals surface area contributed by atoms with Gasteiger partial charge in [-0.2, -0.15) is 5.10 Å².